The number of rotatable bonds is 3. The molecule has 0 unspecified atom stereocenters. The molecule has 1 aromatic heterocycles. The predicted octanol–water partition coefficient (Wildman–Crippen LogP) is 4.27. The van der Waals surface area contributed by atoms with E-state index in [1.807, 2.05) is 56.4 Å². The molecule has 0 atom stereocenters. The number of allylic oxidation sites excluding steroid dienone is 5. The average molecular weight is 220 g/mol. The van der Waals surface area contributed by atoms with Crippen molar-refractivity contribution in [1.82, 2.24) is 4.98 Å². The van der Waals surface area contributed by atoms with Crippen molar-refractivity contribution in [3.05, 3.63) is 58.9 Å². The first kappa shape index (κ1) is 11.7. The van der Waals surface area contributed by atoms with Gasteiger partial charge in [0.05, 0.1) is 10.7 Å². The Morgan fingerprint density at radius 3 is 2.93 bits per heavy atom. The smallest absolute Gasteiger partial charge is 0.0815 e. The van der Waals surface area contributed by atoms with Gasteiger partial charge in [-0.2, -0.15) is 0 Å². The Balaban J connectivity index is 2.75. The van der Waals surface area contributed by atoms with Gasteiger partial charge in [0, 0.05) is 6.20 Å². The number of hydrogen-bond donors (Lipinski definition) is 0. The Kier molecular flexibility index (Phi) is 4.85. The van der Waals surface area contributed by atoms with E-state index >= 15 is 0 Å². The minimum Gasteiger partial charge on any atom is -0.255 e. The van der Waals surface area contributed by atoms with Crippen LogP contribution in [-0.2, 0) is 0 Å². The lowest BCUT2D eigenvalue weighted by molar-refractivity contribution is 1.30. The molecule has 1 nitrogen and oxygen atoms in total. The van der Waals surface area contributed by atoms with Crippen LogP contribution in [0.1, 0.15) is 19.5 Å². The Morgan fingerprint density at radius 1 is 1.47 bits per heavy atom. The highest BCUT2D eigenvalue weighted by atomic mass is 35.5. The molecular weight excluding hydrogens is 206 g/mol. The van der Waals surface area contributed by atoms with Crippen molar-refractivity contribution in [3.8, 4) is 0 Å². The molecule has 0 spiro atoms. The van der Waals surface area contributed by atoms with E-state index in [2.05, 4.69) is 4.98 Å². The lowest BCUT2D eigenvalue weighted by Crippen LogP contribution is -1.79. The summed E-state index contributed by atoms with van der Waals surface area (Å²) in [7, 11) is 0. The largest absolute Gasteiger partial charge is 0.255 e. The molecule has 1 rings (SSSR count). The van der Waals surface area contributed by atoms with Crippen LogP contribution in [0.15, 0.2) is 48.2 Å². The molecule has 1 heterocycles. The molecule has 0 aliphatic heterocycles. The van der Waals surface area contributed by atoms with Crippen molar-refractivity contribution in [2.75, 3.05) is 0 Å². The molecule has 0 saturated heterocycles. The van der Waals surface area contributed by atoms with Crippen molar-refractivity contribution < 1.29 is 0 Å². The third-order valence-electron chi connectivity index (χ3n) is 1.83. The predicted molar refractivity (Wildman–Crippen MR) is 66.9 cm³/mol. The SMILES string of the molecule is C\C=C/C(C)=C\C=C\c1ncccc1Cl. The summed E-state index contributed by atoms with van der Waals surface area (Å²) in [6.07, 6.45) is 11.6. The summed E-state index contributed by atoms with van der Waals surface area (Å²) in [6, 6.07) is 3.65. The average Bonchev–Trinajstić information content (AvgIpc) is 2.21. The topological polar surface area (TPSA) is 12.9 Å². The van der Waals surface area contributed by atoms with Crippen LogP contribution in [0.2, 0.25) is 5.02 Å². The second kappa shape index (κ2) is 6.20. The Morgan fingerprint density at radius 2 is 2.27 bits per heavy atom. The van der Waals surface area contributed by atoms with Gasteiger partial charge >= 0.3 is 0 Å². The second-order valence-corrected chi connectivity index (χ2v) is 3.55. The van der Waals surface area contributed by atoms with Crippen LogP contribution in [0.25, 0.3) is 6.08 Å². The zero-order valence-corrected chi connectivity index (χ0v) is 9.70. The summed E-state index contributed by atoms with van der Waals surface area (Å²) in [6.45, 7) is 4.04. The molecule has 0 aromatic carbocycles. The molecule has 0 bridgehead atoms. The molecule has 1 aromatic rings. The van der Waals surface area contributed by atoms with Gasteiger partial charge in [-0.3, -0.25) is 4.98 Å². The van der Waals surface area contributed by atoms with Crippen molar-refractivity contribution in [2.24, 2.45) is 0 Å². The number of nitrogens with zero attached hydrogens (tertiary/aromatic N) is 1. The molecule has 0 aliphatic carbocycles. The number of hydrogen-bond acceptors (Lipinski definition) is 1. The normalized spacial score (nSPS) is 12.9. The molecule has 0 saturated carbocycles. The van der Waals surface area contributed by atoms with Gasteiger partial charge in [0.2, 0.25) is 0 Å². The molecule has 78 valence electrons. The van der Waals surface area contributed by atoms with Gasteiger partial charge in [0.15, 0.2) is 0 Å². The first-order valence-corrected chi connectivity index (χ1v) is 5.20. The fourth-order valence-corrected chi connectivity index (χ4v) is 1.31. The lowest BCUT2D eigenvalue weighted by Gasteiger charge is -1.94. The van der Waals surface area contributed by atoms with Crippen LogP contribution in [0.3, 0.4) is 0 Å². The number of aromatic nitrogens is 1. The standard InChI is InChI=1S/C13H14ClN/c1-3-6-11(2)7-4-9-13-12(14)8-5-10-15-13/h3-10H,1-2H3/b6-3-,9-4+,11-7-. The lowest BCUT2D eigenvalue weighted by atomic mass is 10.2. The zero-order valence-electron chi connectivity index (χ0n) is 8.94. The summed E-state index contributed by atoms with van der Waals surface area (Å²) < 4.78 is 0. The molecule has 0 aliphatic rings. The summed E-state index contributed by atoms with van der Waals surface area (Å²) in [5.41, 5.74) is 1.99. The third-order valence-corrected chi connectivity index (χ3v) is 2.15. The molecule has 0 amide bonds. The fourth-order valence-electron chi connectivity index (χ4n) is 1.13. The molecule has 15 heavy (non-hydrogen) atoms. The van der Waals surface area contributed by atoms with Gasteiger partial charge in [-0.05, 0) is 32.1 Å². The van der Waals surface area contributed by atoms with E-state index in [1.165, 1.54) is 5.57 Å². The van der Waals surface area contributed by atoms with E-state index < -0.39 is 0 Å². The van der Waals surface area contributed by atoms with Crippen LogP contribution in [-0.4, -0.2) is 4.98 Å². The number of pyridine rings is 1. The van der Waals surface area contributed by atoms with E-state index in [-0.39, 0.29) is 0 Å². The number of halogens is 1. The van der Waals surface area contributed by atoms with Crippen LogP contribution >= 0.6 is 11.6 Å². The van der Waals surface area contributed by atoms with Crippen LogP contribution in [0, 0.1) is 0 Å². The zero-order chi connectivity index (χ0) is 11.1. The third kappa shape index (κ3) is 4.13. The van der Waals surface area contributed by atoms with Gasteiger partial charge in [-0.15, -0.1) is 0 Å². The van der Waals surface area contributed by atoms with Crippen LogP contribution < -0.4 is 0 Å². The molecule has 0 radical (unpaired) electrons. The Hall–Kier alpha value is -1.34. The van der Waals surface area contributed by atoms with Gasteiger partial charge in [-0.25, -0.2) is 0 Å². The van der Waals surface area contributed by atoms with Crippen LogP contribution in [0.5, 0.6) is 0 Å². The monoisotopic (exact) mass is 219 g/mol. The Labute approximate surface area is 95.8 Å². The highest BCUT2D eigenvalue weighted by Gasteiger charge is 1.93. The van der Waals surface area contributed by atoms with Crippen LogP contribution in [0.4, 0.5) is 0 Å². The maximum Gasteiger partial charge on any atom is 0.0815 e. The summed E-state index contributed by atoms with van der Waals surface area (Å²) in [5, 5.41) is 0.672. The van der Waals surface area contributed by atoms with E-state index in [9.17, 15) is 0 Å². The first-order chi connectivity index (χ1) is 7.24. The molecule has 0 fully saturated rings. The summed E-state index contributed by atoms with van der Waals surface area (Å²) in [5.74, 6) is 0. The van der Waals surface area contributed by atoms with Gasteiger partial charge in [0.25, 0.3) is 0 Å². The summed E-state index contributed by atoms with van der Waals surface area (Å²) in [4.78, 5) is 4.16. The van der Waals surface area contributed by atoms with E-state index in [0.29, 0.717) is 5.02 Å². The van der Waals surface area contributed by atoms with Crippen molar-refractivity contribution in [1.29, 1.82) is 0 Å². The minimum atomic E-state index is 0.672. The summed E-state index contributed by atoms with van der Waals surface area (Å²) >= 11 is 5.95. The highest BCUT2D eigenvalue weighted by Crippen LogP contribution is 2.13. The van der Waals surface area contributed by atoms with Gasteiger partial charge < -0.3 is 0 Å². The maximum atomic E-state index is 5.95. The molecule has 2 heteroatoms. The van der Waals surface area contributed by atoms with E-state index in [1.54, 1.807) is 6.20 Å². The second-order valence-electron chi connectivity index (χ2n) is 3.14. The molecular formula is C13H14ClN. The Bertz CT molecular complexity index is 403. The fraction of sp³-hybridized carbons (Fsp3) is 0.154. The van der Waals surface area contributed by atoms with Crippen molar-refractivity contribution in [3.63, 3.8) is 0 Å². The molecule has 0 N–H and O–H groups in total. The first-order valence-electron chi connectivity index (χ1n) is 4.82. The quantitative estimate of drug-likeness (QED) is 0.692. The van der Waals surface area contributed by atoms with Gasteiger partial charge in [0.1, 0.15) is 0 Å². The van der Waals surface area contributed by atoms with E-state index in [0.717, 1.165) is 5.69 Å². The highest BCUT2D eigenvalue weighted by molar-refractivity contribution is 6.31. The van der Waals surface area contributed by atoms with Crippen molar-refractivity contribution >= 4 is 17.7 Å². The minimum absolute atomic E-state index is 0.672. The van der Waals surface area contributed by atoms with Gasteiger partial charge in [-0.1, -0.05) is 41.5 Å². The maximum absolute atomic E-state index is 5.95. The van der Waals surface area contributed by atoms with E-state index in [4.69, 9.17) is 11.6 Å². The van der Waals surface area contributed by atoms with Crippen molar-refractivity contribution in [2.45, 2.75) is 13.8 Å².